The molecule has 1 fully saturated rings. The average Bonchev–Trinajstić information content (AvgIpc) is 2.71. The lowest BCUT2D eigenvalue weighted by Gasteiger charge is -2.32. The molecule has 1 unspecified atom stereocenters. The number of H-pyrrole nitrogens is 1. The largest absolute Gasteiger partial charge is 0.371 e. The molecule has 4 heteroatoms. The number of nitrogens with zero attached hydrogens (tertiary/aromatic N) is 1. The molecule has 78 valence electrons. The van der Waals surface area contributed by atoms with Crippen molar-refractivity contribution in [1.82, 2.24) is 9.88 Å². The molecule has 1 aliphatic heterocycles. The van der Waals surface area contributed by atoms with Crippen LogP contribution in [0.3, 0.4) is 0 Å². The van der Waals surface area contributed by atoms with Crippen LogP contribution in [0.15, 0.2) is 18.5 Å². The fraction of sp³-hybridized carbons (Fsp3) is 0.600. The summed E-state index contributed by atoms with van der Waals surface area (Å²) in [5.41, 5.74) is 6.76. The van der Waals surface area contributed by atoms with Gasteiger partial charge in [0.25, 0.3) is 0 Å². The van der Waals surface area contributed by atoms with E-state index >= 15 is 0 Å². The Morgan fingerprint density at radius 1 is 1.64 bits per heavy atom. The van der Waals surface area contributed by atoms with Gasteiger partial charge < -0.3 is 15.5 Å². The van der Waals surface area contributed by atoms with Crippen LogP contribution >= 0.6 is 0 Å². The van der Waals surface area contributed by atoms with Gasteiger partial charge in [0.15, 0.2) is 0 Å². The summed E-state index contributed by atoms with van der Waals surface area (Å²) in [7, 11) is 0. The molecule has 0 aromatic carbocycles. The van der Waals surface area contributed by atoms with Gasteiger partial charge in [-0.05, 0) is 11.6 Å². The van der Waals surface area contributed by atoms with Crippen molar-refractivity contribution in [2.45, 2.75) is 6.10 Å². The zero-order chi connectivity index (χ0) is 9.80. The number of aromatic nitrogens is 1. The van der Waals surface area contributed by atoms with E-state index < -0.39 is 0 Å². The Bertz CT molecular complexity index is 258. The van der Waals surface area contributed by atoms with Crippen molar-refractivity contribution >= 4 is 0 Å². The zero-order valence-corrected chi connectivity index (χ0v) is 8.28. The summed E-state index contributed by atoms with van der Waals surface area (Å²) >= 11 is 0. The lowest BCUT2D eigenvalue weighted by atomic mass is 10.1. The highest BCUT2D eigenvalue weighted by Crippen LogP contribution is 2.21. The van der Waals surface area contributed by atoms with Crippen LogP contribution in [-0.2, 0) is 4.74 Å². The van der Waals surface area contributed by atoms with Crippen molar-refractivity contribution in [3.8, 4) is 0 Å². The molecule has 0 amide bonds. The average molecular weight is 195 g/mol. The van der Waals surface area contributed by atoms with Crippen LogP contribution in [0, 0.1) is 0 Å². The van der Waals surface area contributed by atoms with E-state index in [1.807, 2.05) is 12.4 Å². The van der Waals surface area contributed by atoms with Crippen molar-refractivity contribution < 1.29 is 4.74 Å². The van der Waals surface area contributed by atoms with Crippen molar-refractivity contribution in [3.05, 3.63) is 24.0 Å². The Labute approximate surface area is 84.0 Å². The monoisotopic (exact) mass is 195 g/mol. The SMILES string of the molecule is NCCN1CCOC(c2cc[nH]c2)C1. The van der Waals surface area contributed by atoms with E-state index in [0.29, 0.717) is 0 Å². The standard InChI is InChI=1S/C10H17N3O/c11-2-4-13-5-6-14-10(8-13)9-1-3-12-7-9/h1,3,7,10,12H,2,4-6,8,11H2. The van der Waals surface area contributed by atoms with Gasteiger partial charge >= 0.3 is 0 Å². The van der Waals surface area contributed by atoms with Gasteiger partial charge in [-0.25, -0.2) is 0 Å². The van der Waals surface area contributed by atoms with E-state index in [0.717, 1.165) is 32.8 Å². The molecule has 0 saturated carbocycles. The van der Waals surface area contributed by atoms with Crippen molar-refractivity contribution in [2.24, 2.45) is 5.73 Å². The number of rotatable bonds is 3. The maximum absolute atomic E-state index is 5.70. The van der Waals surface area contributed by atoms with Gasteiger partial charge in [-0.3, -0.25) is 4.90 Å². The summed E-state index contributed by atoms with van der Waals surface area (Å²) in [6.45, 7) is 4.44. The summed E-state index contributed by atoms with van der Waals surface area (Å²) in [4.78, 5) is 5.40. The Kier molecular flexibility index (Phi) is 3.18. The summed E-state index contributed by atoms with van der Waals surface area (Å²) in [6.07, 6.45) is 4.14. The Balaban J connectivity index is 1.94. The fourth-order valence-electron chi connectivity index (χ4n) is 1.83. The Hall–Kier alpha value is -0.840. The molecule has 2 heterocycles. The third kappa shape index (κ3) is 2.15. The smallest absolute Gasteiger partial charge is 0.0966 e. The minimum Gasteiger partial charge on any atom is -0.371 e. The van der Waals surface area contributed by atoms with Gasteiger partial charge in [-0.15, -0.1) is 0 Å². The molecule has 14 heavy (non-hydrogen) atoms. The second-order valence-electron chi connectivity index (χ2n) is 3.59. The Morgan fingerprint density at radius 3 is 3.29 bits per heavy atom. The maximum atomic E-state index is 5.70. The van der Waals surface area contributed by atoms with Crippen molar-refractivity contribution in [2.75, 3.05) is 32.8 Å². The number of nitrogens with two attached hydrogens (primary N) is 1. The van der Waals surface area contributed by atoms with Gasteiger partial charge in [0.05, 0.1) is 12.7 Å². The fourth-order valence-corrected chi connectivity index (χ4v) is 1.83. The minimum atomic E-state index is 0.210. The maximum Gasteiger partial charge on any atom is 0.0966 e. The molecule has 0 spiro atoms. The molecule has 1 aromatic heterocycles. The van der Waals surface area contributed by atoms with Gasteiger partial charge in [-0.2, -0.15) is 0 Å². The number of hydrogen-bond donors (Lipinski definition) is 2. The van der Waals surface area contributed by atoms with Crippen LogP contribution in [0.4, 0.5) is 0 Å². The third-order valence-electron chi connectivity index (χ3n) is 2.59. The quantitative estimate of drug-likeness (QED) is 0.731. The first kappa shape index (κ1) is 9.71. The van der Waals surface area contributed by atoms with Crippen LogP contribution in [-0.4, -0.2) is 42.7 Å². The second-order valence-corrected chi connectivity index (χ2v) is 3.59. The number of morpholine rings is 1. The van der Waals surface area contributed by atoms with E-state index in [1.54, 1.807) is 0 Å². The van der Waals surface area contributed by atoms with Crippen LogP contribution in [0.5, 0.6) is 0 Å². The van der Waals surface area contributed by atoms with E-state index in [-0.39, 0.29) is 6.10 Å². The van der Waals surface area contributed by atoms with Gasteiger partial charge in [0.1, 0.15) is 0 Å². The molecule has 1 saturated heterocycles. The first-order valence-electron chi connectivity index (χ1n) is 5.07. The van der Waals surface area contributed by atoms with Crippen LogP contribution < -0.4 is 5.73 Å². The molecule has 0 bridgehead atoms. The normalized spacial score (nSPS) is 23.9. The molecule has 3 N–H and O–H groups in total. The molecule has 1 atom stereocenters. The van der Waals surface area contributed by atoms with Gasteiger partial charge in [0.2, 0.25) is 0 Å². The van der Waals surface area contributed by atoms with Crippen molar-refractivity contribution in [1.29, 1.82) is 0 Å². The highest BCUT2D eigenvalue weighted by Gasteiger charge is 2.21. The summed E-state index contributed by atoms with van der Waals surface area (Å²) in [5, 5.41) is 0. The van der Waals surface area contributed by atoms with Crippen LogP contribution in [0.1, 0.15) is 11.7 Å². The molecule has 4 nitrogen and oxygen atoms in total. The van der Waals surface area contributed by atoms with E-state index in [4.69, 9.17) is 10.5 Å². The predicted octanol–water partition coefficient (Wildman–Crippen LogP) is 0.347. The number of aromatic amines is 1. The van der Waals surface area contributed by atoms with Gasteiger partial charge in [0, 0.05) is 38.6 Å². The topological polar surface area (TPSA) is 54.3 Å². The summed E-state index contributed by atoms with van der Waals surface area (Å²) in [6, 6.07) is 2.07. The highest BCUT2D eigenvalue weighted by atomic mass is 16.5. The molecule has 0 aliphatic carbocycles. The number of nitrogens with one attached hydrogen (secondary N) is 1. The van der Waals surface area contributed by atoms with Gasteiger partial charge in [-0.1, -0.05) is 0 Å². The summed E-state index contributed by atoms with van der Waals surface area (Å²) in [5.74, 6) is 0. The van der Waals surface area contributed by atoms with E-state index in [2.05, 4.69) is 16.0 Å². The lowest BCUT2D eigenvalue weighted by molar-refractivity contribution is -0.0288. The summed E-state index contributed by atoms with van der Waals surface area (Å²) < 4.78 is 5.70. The molecule has 1 aliphatic rings. The highest BCUT2D eigenvalue weighted by molar-refractivity contribution is 5.13. The molecule has 2 rings (SSSR count). The number of hydrogen-bond acceptors (Lipinski definition) is 3. The van der Waals surface area contributed by atoms with Crippen LogP contribution in [0.2, 0.25) is 0 Å². The molecule has 1 aromatic rings. The van der Waals surface area contributed by atoms with E-state index in [1.165, 1.54) is 5.56 Å². The minimum absolute atomic E-state index is 0.210. The van der Waals surface area contributed by atoms with Crippen molar-refractivity contribution in [3.63, 3.8) is 0 Å². The molecule has 0 radical (unpaired) electrons. The predicted molar refractivity (Wildman–Crippen MR) is 55.0 cm³/mol. The molecular formula is C10H17N3O. The van der Waals surface area contributed by atoms with Crippen LogP contribution in [0.25, 0.3) is 0 Å². The zero-order valence-electron chi connectivity index (χ0n) is 8.28. The first-order chi connectivity index (χ1) is 6.90. The Morgan fingerprint density at radius 2 is 2.57 bits per heavy atom. The number of ether oxygens (including phenoxy) is 1. The third-order valence-corrected chi connectivity index (χ3v) is 2.59. The van der Waals surface area contributed by atoms with E-state index in [9.17, 15) is 0 Å². The molecular weight excluding hydrogens is 178 g/mol. The second kappa shape index (κ2) is 4.59. The lowest BCUT2D eigenvalue weighted by Crippen LogP contribution is -2.40. The first-order valence-corrected chi connectivity index (χ1v) is 5.07.